The second-order valence-electron chi connectivity index (χ2n) is 6.65. The van der Waals surface area contributed by atoms with E-state index in [4.69, 9.17) is 9.73 Å². The molecule has 1 saturated heterocycles. The lowest BCUT2D eigenvalue weighted by Gasteiger charge is -2.32. The maximum Gasteiger partial charge on any atom is 0.213 e. The lowest BCUT2D eigenvalue weighted by Crippen LogP contribution is -2.46. The molecule has 6 nitrogen and oxygen atoms in total. The maximum absolute atomic E-state index is 9.66. The van der Waals surface area contributed by atoms with E-state index >= 15 is 0 Å². The van der Waals surface area contributed by atoms with Crippen molar-refractivity contribution in [2.45, 2.75) is 45.3 Å². The molecule has 0 bridgehead atoms. The van der Waals surface area contributed by atoms with Crippen LogP contribution in [0.25, 0.3) is 0 Å². The average Bonchev–Trinajstić information content (AvgIpc) is 3.42. The Bertz CT molecular complexity index is 552. The molecule has 0 aromatic carbocycles. The fraction of sp³-hybridized carbons (Fsp3) is 0.667. The van der Waals surface area contributed by atoms with Gasteiger partial charge in [0.05, 0.1) is 19.3 Å². The molecule has 2 fully saturated rings. The van der Waals surface area contributed by atoms with Crippen molar-refractivity contribution in [1.82, 2.24) is 15.2 Å². The highest BCUT2D eigenvalue weighted by Crippen LogP contribution is 2.29. The standard InChI is InChI=1S/C18H28N4O2/c1-2-19-18(22-9-6-16(23)7-10-22)21-12-15-5-8-20-17(11-15)24-13-14-3-4-14/h5,8,11,14,16,23H,2-4,6-7,9-10,12-13H2,1H3,(H,19,21). The SMILES string of the molecule is CCNC(=NCc1ccnc(OCC2CC2)c1)N1CCC(O)CC1. The largest absolute Gasteiger partial charge is 0.477 e. The van der Waals surface area contributed by atoms with Crippen LogP contribution in [0.2, 0.25) is 0 Å². The summed E-state index contributed by atoms with van der Waals surface area (Å²) in [5.41, 5.74) is 1.10. The van der Waals surface area contributed by atoms with Crippen molar-refractivity contribution in [3.63, 3.8) is 0 Å². The van der Waals surface area contributed by atoms with Crippen LogP contribution in [0.4, 0.5) is 0 Å². The van der Waals surface area contributed by atoms with Gasteiger partial charge in [0.1, 0.15) is 0 Å². The quantitative estimate of drug-likeness (QED) is 0.614. The molecule has 3 rings (SSSR count). The first-order valence-electron chi connectivity index (χ1n) is 9.03. The van der Waals surface area contributed by atoms with Gasteiger partial charge >= 0.3 is 0 Å². The Morgan fingerprint density at radius 3 is 2.88 bits per heavy atom. The Morgan fingerprint density at radius 1 is 1.38 bits per heavy atom. The highest BCUT2D eigenvalue weighted by Gasteiger charge is 2.22. The zero-order chi connectivity index (χ0) is 16.8. The van der Waals surface area contributed by atoms with Gasteiger partial charge in [0.15, 0.2) is 5.96 Å². The van der Waals surface area contributed by atoms with E-state index in [-0.39, 0.29) is 6.10 Å². The topological polar surface area (TPSA) is 70.0 Å². The van der Waals surface area contributed by atoms with Crippen LogP contribution in [0, 0.1) is 5.92 Å². The van der Waals surface area contributed by atoms with Crippen molar-refractivity contribution in [1.29, 1.82) is 0 Å². The second kappa shape index (κ2) is 8.33. The minimum atomic E-state index is -0.171. The molecule has 0 radical (unpaired) electrons. The minimum Gasteiger partial charge on any atom is -0.477 e. The summed E-state index contributed by atoms with van der Waals surface area (Å²) in [7, 11) is 0. The number of nitrogens with one attached hydrogen (secondary N) is 1. The number of piperidine rings is 1. The summed E-state index contributed by atoms with van der Waals surface area (Å²) < 4.78 is 5.74. The molecule has 0 unspecified atom stereocenters. The predicted octanol–water partition coefficient (Wildman–Crippen LogP) is 1.79. The van der Waals surface area contributed by atoms with Crippen molar-refractivity contribution in [2.75, 3.05) is 26.2 Å². The Hall–Kier alpha value is -1.82. The van der Waals surface area contributed by atoms with Crippen LogP contribution in [0.3, 0.4) is 0 Å². The van der Waals surface area contributed by atoms with Gasteiger partial charge in [-0.2, -0.15) is 0 Å². The van der Waals surface area contributed by atoms with Crippen LogP contribution in [0.1, 0.15) is 38.2 Å². The number of hydrogen-bond donors (Lipinski definition) is 2. The second-order valence-corrected chi connectivity index (χ2v) is 6.65. The molecular formula is C18H28N4O2. The molecule has 1 aliphatic carbocycles. The van der Waals surface area contributed by atoms with Crippen LogP contribution in [0.15, 0.2) is 23.3 Å². The zero-order valence-electron chi connectivity index (χ0n) is 14.4. The van der Waals surface area contributed by atoms with Crippen LogP contribution >= 0.6 is 0 Å². The van der Waals surface area contributed by atoms with E-state index in [0.717, 1.165) is 56.5 Å². The molecule has 2 aliphatic rings. The Morgan fingerprint density at radius 2 is 2.17 bits per heavy atom. The predicted molar refractivity (Wildman–Crippen MR) is 94.1 cm³/mol. The van der Waals surface area contributed by atoms with Crippen molar-refractivity contribution in [3.8, 4) is 5.88 Å². The van der Waals surface area contributed by atoms with E-state index in [9.17, 15) is 5.11 Å². The summed E-state index contributed by atoms with van der Waals surface area (Å²) in [5.74, 6) is 2.34. The highest BCUT2D eigenvalue weighted by atomic mass is 16.5. The monoisotopic (exact) mass is 332 g/mol. The van der Waals surface area contributed by atoms with Gasteiger partial charge in [-0.05, 0) is 50.2 Å². The first kappa shape index (κ1) is 17.0. The number of guanidine groups is 1. The Kier molecular flexibility index (Phi) is 5.91. The van der Waals surface area contributed by atoms with Crippen molar-refractivity contribution < 1.29 is 9.84 Å². The summed E-state index contributed by atoms with van der Waals surface area (Å²) in [6.45, 7) is 5.98. The molecule has 1 saturated carbocycles. The van der Waals surface area contributed by atoms with Gasteiger partial charge in [-0.15, -0.1) is 0 Å². The molecule has 2 heterocycles. The minimum absolute atomic E-state index is 0.171. The van der Waals surface area contributed by atoms with Crippen LogP contribution < -0.4 is 10.1 Å². The van der Waals surface area contributed by atoms with Crippen molar-refractivity contribution in [2.24, 2.45) is 10.9 Å². The number of aliphatic hydroxyl groups excluding tert-OH is 1. The summed E-state index contributed by atoms with van der Waals surface area (Å²) in [4.78, 5) is 11.2. The first-order chi connectivity index (χ1) is 11.7. The average molecular weight is 332 g/mol. The van der Waals surface area contributed by atoms with Gasteiger partial charge in [0, 0.05) is 31.9 Å². The van der Waals surface area contributed by atoms with Crippen molar-refractivity contribution >= 4 is 5.96 Å². The van der Waals surface area contributed by atoms with Gasteiger partial charge in [0.2, 0.25) is 5.88 Å². The molecule has 0 amide bonds. The van der Waals surface area contributed by atoms with Gasteiger partial charge in [-0.1, -0.05) is 0 Å². The number of aliphatic imine (C=N–C) groups is 1. The molecule has 1 aliphatic heterocycles. The number of likely N-dealkylation sites (tertiary alicyclic amines) is 1. The smallest absolute Gasteiger partial charge is 0.213 e. The van der Waals surface area contributed by atoms with E-state index in [1.807, 2.05) is 12.1 Å². The Balaban J connectivity index is 1.59. The molecule has 24 heavy (non-hydrogen) atoms. The van der Waals surface area contributed by atoms with Gasteiger partial charge < -0.3 is 20.1 Å². The lowest BCUT2D eigenvalue weighted by atomic mass is 10.1. The molecule has 132 valence electrons. The lowest BCUT2D eigenvalue weighted by molar-refractivity contribution is 0.108. The Labute approximate surface area is 143 Å². The number of aliphatic hydroxyl groups is 1. The van der Waals surface area contributed by atoms with Crippen LogP contribution in [0.5, 0.6) is 5.88 Å². The van der Waals surface area contributed by atoms with Crippen LogP contribution in [-0.4, -0.2) is 53.3 Å². The summed E-state index contributed by atoms with van der Waals surface area (Å²) >= 11 is 0. The van der Waals surface area contributed by atoms with Gasteiger partial charge in [-0.3, -0.25) is 0 Å². The number of ether oxygens (including phenoxy) is 1. The third kappa shape index (κ3) is 5.09. The summed E-state index contributed by atoms with van der Waals surface area (Å²) in [6.07, 6.45) is 5.78. The van der Waals surface area contributed by atoms with E-state index in [1.165, 1.54) is 12.8 Å². The van der Waals surface area contributed by atoms with E-state index in [0.29, 0.717) is 12.4 Å². The molecule has 1 aromatic rings. The fourth-order valence-electron chi connectivity index (χ4n) is 2.79. The van der Waals surface area contributed by atoms with Crippen molar-refractivity contribution in [3.05, 3.63) is 23.9 Å². The number of aromatic nitrogens is 1. The number of hydrogen-bond acceptors (Lipinski definition) is 4. The maximum atomic E-state index is 9.66. The summed E-state index contributed by atoms with van der Waals surface area (Å²) in [5, 5.41) is 13.0. The number of nitrogens with zero attached hydrogens (tertiary/aromatic N) is 3. The fourth-order valence-corrected chi connectivity index (χ4v) is 2.79. The number of pyridine rings is 1. The molecular weight excluding hydrogens is 304 g/mol. The third-order valence-electron chi connectivity index (χ3n) is 4.47. The van der Waals surface area contributed by atoms with E-state index in [1.54, 1.807) is 6.20 Å². The van der Waals surface area contributed by atoms with E-state index < -0.39 is 0 Å². The molecule has 2 N–H and O–H groups in total. The van der Waals surface area contributed by atoms with Gasteiger partial charge in [-0.25, -0.2) is 9.98 Å². The molecule has 1 aromatic heterocycles. The van der Waals surface area contributed by atoms with Gasteiger partial charge in [0.25, 0.3) is 0 Å². The third-order valence-corrected chi connectivity index (χ3v) is 4.47. The summed E-state index contributed by atoms with van der Waals surface area (Å²) in [6, 6.07) is 3.96. The normalized spacial score (nSPS) is 19.4. The molecule has 0 spiro atoms. The van der Waals surface area contributed by atoms with Crippen LogP contribution in [-0.2, 0) is 6.54 Å². The molecule has 6 heteroatoms. The van der Waals surface area contributed by atoms with E-state index in [2.05, 4.69) is 22.1 Å². The zero-order valence-corrected chi connectivity index (χ0v) is 14.4. The number of rotatable bonds is 6. The highest BCUT2D eigenvalue weighted by molar-refractivity contribution is 5.80. The molecule has 0 atom stereocenters. The first-order valence-corrected chi connectivity index (χ1v) is 9.03.